The minimum Gasteiger partial charge on any atom is -0.508 e. The second kappa shape index (κ2) is 4.18. The first-order valence-corrected chi connectivity index (χ1v) is 5.03. The van der Waals surface area contributed by atoms with Gasteiger partial charge in [-0.1, -0.05) is 6.07 Å². The van der Waals surface area contributed by atoms with Gasteiger partial charge in [-0.15, -0.1) is 0 Å². The first-order valence-electron chi connectivity index (χ1n) is 5.03. The number of nitrogens with two attached hydrogens (primary N) is 1. The zero-order chi connectivity index (χ0) is 10.8. The molecule has 1 atom stereocenters. The average Bonchev–Trinajstić information content (AvgIpc) is 2.65. The van der Waals surface area contributed by atoms with E-state index in [4.69, 9.17) is 10.5 Å². The summed E-state index contributed by atoms with van der Waals surface area (Å²) in [7, 11) is 0. The predicted octanol–water partition coefficient (Wildman–Crippen LogP) is 0.805. The van der Waals surface area contributed by atoms with Crippen molar-refractivity contribution in [3.63, 3.8) is 0 Å². The second-order valence-corrected chi connectivity index (χ2v) is 3.72. The third-order valence-corrected chi connectivity index (χ3v) is 2.71. The molecule has 1 heterocycles. The molecule has 0 bridgehead atoms. The maximum atomic E-state index is 9.87. The highest BCUT2D eigenvalue weighted by Gasteiger charge is 2.22. The molecular weight excluding hydrogens is 194 g/mol. The van der Waals surface area contributed by atoms with Crippen molar-refractivity contribution in [3.8, 4) is 5.75 Å². The van der Waals surface area contributed by atoms with Crippen LogP contribution >= 0.6 is 0 Å². The minimum absolute atomic E-state index is 0.125. The normalized spacial score (nSPS) is 16.4. The van der Waals surface area contributed by atoms with E-state index in [1.165, 1.54) is 0 Å². The van der Waals surface area contributed by atoms with Crippen molar-refractivity contribution < 1.29 is 14.9 Å². The van der Waals surface area contributed by atoms with Gasteiger partial charge in [-0.2, -0.15) is 0 Å². The fourth-order valence-electron chi connectivity index (χ4n) is 1.94. The van der Waals surface area contributed by atoms with Crippen LogP contribution in [0.25, 0.3) is 0 Å². The summed E-state index contributed by atoms with van der Waals surface area (Å²) in [5, 5.41) is 19.6. The highest BCUT2D eigenvalue weighted by molar-refractivity contribution is 5.46. The van der Waals surface area contributed by atoms with Gasteiger partial charge in [0.15, 0.2) is 0 Å². The smallest absolute Gasteiger partial charge is 0.121 e. The Kier molecular flexibility index (Phi) is 2.90. The topological polar surface area (TPSA) is 75.7 Å². The molecule has 82 valence electrons. The molecular formula is C11H15NO3. The molecule has 0 aromatic heterocycles. The highest BCUT2D eigenvalue weighted by Crippen LogP contribution is 2.35. The van der Waals surface area contributed by atoms with Gasteiger partial charge < -0.3 is 20.7 Å². The molecule has 1 aromatic carbocycles. The Morgan fingerprint density at radius 1 is 1.40 bits per heavy atom. The van der Waals surface area contributed by atoms with Crippen molar-refractivity contribution in [1.82, 2.24) is 0 Å². The monoisotopic (exact) mass is 209 g/mol. The highest BCUT2D eigenvalue weighted by atomic mass is 16.5. The summed E-state index contributed by atoms with van der Waals surface area (Å²) in [5.41, 5.74) is 7.92. The van der Waals surface area contributed by atoms with Crippen LogP contribution in [0.5, 0.6) is 5.75 Å². The molecule has 1 aromatic rings. The van der Waals surface area contributed by atoms with Gasteiger partial charge in [0.25, 0.3) is 0 Å². The van der Waals surface area contributed by atoms with Crippen molar-refractivity contribution in [3.05, 3.63) is 28.8 Å². The number of hydrogen-bond acceptors (Lipinski definition) is 4. The molecule has 0 aliphatic carbocycles. The van der Waals surface area contributed by atoms with Gasteiger partial charge in [0.2, 0.25) is 0 Å². The number of ether oxygens (including phenoxy) is 1. The Morgan fingerprint density at radius 3 is 2.93 bits per heavy atom. The first-order chi connectivity index (χ1) is 7.24. The van der Waals surface area contributed by atoms with E-state index in [0.29, 0.717) is 31.7 Å². The van der Waals surface area contributed by atoms with Gasteiger partial charge in [-0.05, 0) is 30.2 Å². The fraction of sp³-hybridized carbons (Fsp3) is 0.455. The molecule has 1 unspecified atom stereocenters. The molecule has 4 heteroatoms. The Hall–Kier alpha value is -1.10. The molecule has 0 spiro atoms. The number of aliphatic hydroxyl groups excluding tert-OH is 1. The zero-order valence-corrected chi connectivity index (χ0v) is 8.44. The van der Waals surface area contributed by atoms with Crippen LogP contribution in [0.1, 0.15) is 29.2 Å². The van der Waals surface area contributed by atoms with E-state index in [1.54, 1.807) is 6.07 Å². The lowest BCUT2D eigenvalue weighted by atomic mass is 9.96. The summed E-state index contributed by atoms with van der Waals surface area (Å²) in [6.07, 6.45) is -0.254. The minimum atomic E-state index is -0.702. The molecule has 0 saturated heterocycles. The Labute approximate surface area is 88.3 Å². The Bertz CT molecular complexity index is 365. The van der Waals surface area contributed by atoms with Gasteiger partial charge in [0, 0.05) is 5.56 Å². The third-order valence-electron chi connectivity index (χ3n) is 2.71. The molecule has 4 nitrogen and oxygen atoms in total. The van der Waals surface area contributed by atoms with Crippen LogP contribution in [-0.4, -0.2) is 16.8 Å². The first kappa shape index (κ1) is 10.4. The maximum Gasteiger partial charge on any atom is 0.121 e. The van der Waals surface area contributed by atoms with Crippen molar-refractivity contribution in [2.45, 2.75) is 25.7 Å². The number of phenols is 1. The summed E-state index contributed by atoms with van der Waals surface area (Å²) < 4.78 is 5.29. The number of benzene rings is 1. The van der Waals surface area contributed by atoms with Gasteiger partial charge in [-0.25, -0.2) is 0 Å². The molecule has 2 rings (SSSR count). The lowest BCUT2D eigenvalue weighted by Gasteiger charge is -2.15. The lowest BCUT2D eigenvalue weighted by molar-refractivity contribution is 0.129. The second-order valence-electron chi connectivity index (χ2n) is 3.72. The number of aromatic hydroxyl groups is 1. The number of hydrogen-bond donors (Lipinski definition) is 3. The molecule has 15 heavy (non-hydrogen) atoms. The summed E-state index contributed by atoms with van der Waals surface area (Å²) in [5.74, 6) is 0.125. The van der Waals surface area contributed by atoms with Crippen molar-refractivity contribution in [1.29, 1.82) is 0 Å². The molecule has 0 fully saturated rings. The SMILES string of the molecule is NCCC(O)c1c(O)ccc2c1COC2. The van der Waals surface area contributed by atoms with Gasteiger partial charge in [-0.3, -0.25) is 0 Å². The molecule has 0 radical (unpaired) electrons. The summed E-state index contributed by atoms with van der Waals surface area (Å²) in [6, 6.07) is 3.43. The lowest BCUT2D eigenvalue weighted by Crippen LogP contribution is -2.09. The summed E-state index contributed by atoms with van der Waals surface area (Å²) >= 11 is 0. The van der Waals surface area contributed by atoms with Crippen LogP contribution in [0.15, 0.2) is 12.1 Å². The quantitative estimate of drug-likeness (QED) is 0.688. The number of aliphatic hydroxyl groups is 1. The van der Waals surface area contributed by atoms with Crippen LogP contribution < -0.4 is 5.73 Å². The molecule has 1 aliphatic rings. The van der Waals surface area contributed by atoms with E-state index in [0.717, 1.165) is 11.1 Å². The summed E-state index contributed by atoms with van der Waals surface area (Å²) in [6.45, 7) is 1.41. The average molecular weight is 209 g/mol. The number of rotatable bonds is 3. The van der Waals surface area contributed by atoms with Crippen molar-refractivity contribution in [2.75, 3.05) is 6.54 Å². The molecule has 4 N–H and O–H groups in total. The van der Waals surface area contributed by atoms with E-state index < -0.39 is 6.10 Å². The van der Waals surface area contributed by atoms with Crippen LogP contribution in [-0.2, 0) is 18.0 Å². The van der Waals surface area contributed by atoms with E-state index in [1.807, 2.05) is 6.07 Å². The van der Waals surface area contributed by atoms with Gasteiger partial charge >= 0.3 is 0 Å². The summed E-state index contributed by atoms with van der Waals surface area (Å²) in [4.78, 5) is 0. The zero-order valence-electron chi connectivity index (χ0n) is 8.44. The van der Waals surface area contributed by atoms with E-state index in [2.05, 4.69) is 0 Å². The predicted molar refractivity (Wildman–Crippen MR) is 55.2 cm³/mol. The molecule has 0 saturated carbocycles. The van der Waals surface area contributed by atoms with Crippen molar-refractivity contribution >= 4 is 0 Å². The van der Waals surface area contributed by atoms with Gasteiger partial charge in [0.05, 0.1) is 19.3 Å². The Morgan fingerprint density at radius 2 is 2.20 bits per heavy atom. The van der Waals surface area contributed by atoms with Crippen molar-refractivity contribution in [2.24, 2.45) is 5.73 Å². The van der Waals surface area contributed by atoms with Crippen LogP contribution in [0.2, 0.25) is 0 Å². The van der Waals surface area contributed by atoms with E-state index in [-0.39, 0.29) is 5.75 Å². The number of fused-ring (bicyclic) bond motifs is 1. The van der Waals surface area contributed by atoms with Crippen LogP contribution in [0.3, 0.4) is 0 Å². The van der Waals surface area contributed by atoms with Crippen LogP contribution in [0.4, 0.5) is 0 Å². The van der Waals surface area contributed by atoms with E-state index >= 15 is 0 Å². The number of phenolic OH excluding ortho intramolecular Hbond substituents is 1. The molecule has 0 amide bonds. The Balaban J connectivity index is 2.40. The standard InChI is InChI=1S/C11H15NO3/c12-4-3-10(14)11-8-6-15-5-7(8)1-2-9(11)13/h1-2,10,13-14H,3-6,12H2. The molecule has 1 aliphatic heterocycles. The fourth-order valence-corrected chi connectivity index (χ4v) is 1.94. The maximum absolute atomic E-state index is 9.87. The third kappa shape index (κ3) is 1.84. The van der Waals surface area contributed by atoms with E-state index in [9.17, 15) is 10.2 Å². The van der Waals surface area contributed by atoms with Crippen LogP contribution in [0, 0.1) is 0 Å². The largest absolute Gasteiger partial charge is 0.508 e. The van der Waals surface area contributed by atoms with Gasteiger partial charge in [0.1, 0.15) is 5.75 Å².